The summed E-state index contributed by atoms with van der Waals surface area (Å²) < 4.78 is 12.6. The lowest BCUT2D eigenvalue weighted by Crippen LogP contribution is -2.36. The second-order valence-corrected chi connectivity index (χ2v) is 14.1. The molecule has 2 aliphatic rings. The number of ether oxygens (including phenoxy) is 2. The maximum absolute atomic E-state index is 6.37. The minimum atomic E-state index is -0.192. The Kier molecular flexibility index (Phi) is 9.37. The van der Waals surface area contributed by atoms with Gasteiger partial charge in [-0.3, -0.25) is 0 Å². The van der Waals surface area contributed by atoms with Crippen molar-refractivity contribution in [3.8, 4) is 11.5 Å². The molecule has 2 aromatic rings. The minimum Gasteiger partial charge on any atom is -0.493 e. The first kappa shape index (κ1) is 28.8. The lowest BCUT2D eigenvalue weighted by Gasteiger charge is -2.35. The monoisotopic (exact) mass is 519 g/mol. The number of anilines is 1. The van der Waals surface area contributed by atoms with Gasteiger partial charge in [0, 0.05) is 24.8 Å². The van der Waals surface area contributed by atoms with Crippen LogP contribution in [0.1, 0.15) is 110 Å². The third-order valence-corrected chi connectivity index (χ3v) is 8.21. The highest BCUT2D eigenvalue weighted by Gasteiger charge is 2.31. The van der Waals surface area contributed by atoms with Gasteiger partial charge < -0.3 is 14.4 Å². The fourth-order valence-corrected chi connectivity index (χ4v) is 6.01. The standard InChI is InChI=1S/C35H53NO2/c1-8-32(27-14-15-27)29-11-9-13-30(23-29)37-25-26-18-21-36(22-19-26)33-24-31(38-35(5,6)7)17-16-28(33)12-10-20-34(2,3)4/h9,11,13,16-17,23-24,26-27,32H,8,10,12,14-15,18-22,25H2,1-7H3. The molecular weight excluding hydrogens is 466 g/mol. The quantitative estimate of drug-likeness (QED) is 0.295. The molecule has 0 radical (unpaired) electrons. The zero-order chi connectivity index (χ0) is 27.3. The molecule has 2 aromatic carbocycles. The van der Waals surface area contributed by atoms with Gasteiger partial charge in [-0.2, -0.15) is 0 Å². The summed E-state index contributed by atoms with van der Waals surface area (Å²) >= 11 is 0. The van der Waals surface area contributed by atoms with Crippen LogP contribution in [0.3, 0.4) is 0 Å². The molecule has 210 valence electrons. The molecule has 0 aromatic heterocycles. The van der Waals surface area contributed by atoms with Crippen LogP contribution in [-0.4, -0.2) is 25.3 Å². The molecule has 1 aliphatic heterocycles. The van der Waals surface area contributed by atoms with Crippen LogP contribution in [0.2, 0.25) is 0 Å². The Morgan fingerprint density at radius 1 is 0.895 bits per heavy atom. The number of aryl methyl sites for hydroxylation is 1. The van der Waals surface area contributed by atoms with Crippen molar-refractivity contribution < 1.29 is 9.47 Å². The maximum atomic E-state index is 6.37. The van der Waals surface area contributed by atoms with Gasteiger partial charge in [-0.25, -0.2) is 0 Å². The summed E-state index contributed by atoms with van der Waals surface area (Å²) in [5.74, 6) is 4.24. The van der Waals surface area contributed by atoms with Crippen molar-refractivity contribution in [2.75, 3.05) is 24.6 Å². The first-order valence-electron chi connectivity index (χ1n) is 15.3. The minimum absolute atomic E-state index is 0.192. The highest BCUT2D eigenvalue weighted by atomic mass is 16.5. The molecule has 3 heteroatoms. The first-order chi connectivity index (χ1) is 18.0. The lowest BCUT2D eigenvalue weighted by molar-refractivity contribution is 0.131. The van der Waals surface area contributed by atoms with Crippen molar-refractivity contribution >= 4 is 5.69 Å². The van der Waals surface area contributed by atoms with E-state index in [1.54, 1.807) is 0 Å². The molecule has 0 N–H and O–H groups in total. The van der Waals surface area contributed by atoms with Crippen LogP contribution < -0.4 is 14.4 Å². The number of hydrogen-bond donors (Lipinski definition) is 0. The highest BCUT2D eigenvalue weighted by Crippen LogP contribution is 2.45. The summed E-state index contributed by atoms with van der Waals surface area (Å²) in [6, 6.07) is 15.7. The number of nitrogens with zero attached hydrogens (tertiary/aromatic N) is 1. The van der Waals surface area contributed by atoms with Crippen molar-refractivity contribution in [2.45, 2.75) is 111 Å². The molecule has 0 amide bonds. The first-order valence-corrected chi connectivity index (χ1v) is 15.3. The van der Waals surface area contributed by atoms with Crippen LogP contribution in [0.4, 0.5) is 5.69 Å². The van der Waals surface area contributed by atoms with Gasteiger partial charge in [0.05, 0.1) is 6.61 Å². The SMILES string of the molecule is CCC(c1cccc(OCC2CCN(c3cc(OC(C)(C)C)ccc3CCCC(C)(C)C)CC2)c1)C1CC1. The van der Waals surface area contributed by atoms with Gasteiger partial charge >= 0.3 is 0 Å². The van der Waals surface area contributed by atoms with Crippen LogP contribution >= 0.6 is 0 Å². The van der Waals surface area contributed by atoms with Crippen LogP contribution in [0.15, 0.2) is 42.5 Å². The smallest absolute Gasteiger partial charge is 0.122 e. The Hall–Kier alpha value is -2.16. The van der Waals surface area contributed by atoms with E-state index >= 15 is 0 Å². The summed E-state index contributed by atoms with van der Waals surface area (Å²) in [7, 11) is 0. The Bertz CT molecular complexity index is 1020. The van der Waals surface area contributed by atoms with Gasteiger partial charge in [0.25, 0.3) is 0 Å². The summed E-state index contributed by atoms with van der Waals surface area (Å²) in [5, 5.41) is 0. The lowest BCUT2D eigenvalue weighted by atomic mass is 9.88. The normalized spacial score (nSPS) is 17.9. The van der Waals surface area contributed by atoms with Crippen LogP contribution in [0.5, 0.6) is 11.5 Å². The van der Waals surface area contributed by atoms with E-state index in [1.165, 1.54) is 61.8 Å². The van der Waals surface area contributed by atoms with Gasteiger partial charge in [-0.15, -0.1) is 0 Å². The van der Waals surface area contributed by atoms with Crippen molar-refractivity contribution in [1.29, 1.82) is 0 Å². The largest absolute Gasteiger partial charge is 0.493 e. The van der Waals surface area contributed by atoms with Crippen molar-refractivity contribution in [1.82, 2.24) is 0 Å². The van der Waals surface area contributed by atoms with Crippen molar-refractivity contribution in [2.24, 2.45) is 17.3 Å². The van der Waals surface area contributed by atoms with Crippen LogP contribution in [0, 0.1) is 17.3 Å². The Balaban J connectivity index is 1.36. The van der Waals surface area contributed by atoms with Gasteiger partial charge in [0.1, 0.15) is 17.1 Å². The van der Waals surface area contributed by atoms with E-state index in [4.69, 9.17) is 9.47 Å². The van der Waals surface area contributed by atoms with E-state index in [-0.39, 0.29) is 5.60 Å². The van der Waals surface area contributed by atoms with Crippen molar-refractivity contribution in [3.05, 3.63) is 53.6 Å². The zero-order valence-electron chi connectivity index (χ0n) is 25.3. The molecule has 2 fully saturated rings. The average molecular weight is 520 g/mol. The Morgan fingerprint density at radius 3 is 2.26 bits per heavy atom. The third kappa shape index (κ3) is 8.68. The molecule has 1 aliphatic carbocycles. The zero-order valence-corrected chi connectivity index (χ0v) is 25.3. The molecule has 0 spiro atoms. The predicted molar refractivity (Wildman–Crippen MR) is 162 cm³/mol. The Labute approximate surface area is 233 Å². The van der Waals surface area contributed by atoms with Gasteiger partial charge in [-0.05, 0) is 125 Å². The van der Waals surface area contributed by atoms with E-state index in [0.29, 0.717) is 17.3 Å². The number of rotatable bonds is 11. The summed E-state index contributed by atoms with van der Waals surface area (Å²) in [4.78, 5) is 2.60. The number of hydrogen-bond acceptors (Lipinski definition) is 3. The van der Waals surface area contributed by atoms with Crippen LogP contribution in [0.25, 0.3) is 0 Å². The summed E-state index contributed by atoms with van der Waals surface area (Å²) in [5.41, 5.74) is 4.49. The number of piperidine rings is 1. The number of benzene rings is 2. The molecule has 3 nitrogen and oxygen atoms in total. The molecule has 38 heavy (non-hydrogen) atoms. The van der Waals surface area contributed by atoms with Gasteiger partial charge in [0.15, 0.2) is 0 Å². The van der Waals surface area contributed by atoms with Crippen LogP contribution in [-0.2, 0) is 6.42 Å². The van der Waals surface area contributed by atoms with E-state index in [1.807, 2.05) is 0 Å². The second-order valence-electron chi connectivity index (χ2n) is 14.1. The van der Waals surface area contributed by atoms with Gasteiger partial charge in [-0.1, -0.05) is 45.9 Å². The fourth-order valence-electron chi connectivity index (χ4n) is 6.01. The molecule has 1 unspecified atom stereocenters. The van der Waals surface area contributed by atoms with Gasteiger partial charge in [0.2, 0.25) is 0 Å². The maximum Gasteiger partial charge on any atom is 0.122 e. The molecule has 0 bridgehead atoms. The fraction of sp³-hybridized carbons (Fsp3) is 0.657. The molecular formula is C35H53NO2. The second kappa shape index (κ2) is 12.3. The predicted octanol–water partition coefficient (Wildman–Crippen LogP) is 9.43. The third-order valence-electron chi connectivity index (χ3n) is 8.21. The molecule has 1 saturated carbocycles. The summed E-state index contributed by atoms with van der Waals surface area (Å²) in [6.07, 6.45) is 9.95. The molecule has 1 heterocycles. The van der Waals surface area contributed by atoms with Crippen molar-refractivity contribution in [3.63, 3.8) is 0 Å². The molecule has 4 rings (SSSR count). The molecule has 1 saturated heterocycles. The average Bonchev–Trinajstić information content (AvgIpc) is 3.68. The molecule has 1 atom stereocenters. The summed E-state index contributed by atoms with van der Waals surface area (Å²) in [6.45, 7) is 18.7. The van der Waals surface area contributed by atoms with E-state index in [0.717, 1.165) is 43.5 Å². The van der Waals surface area contributed by atoms with E-state index < -0.39 is 0 Å². The van der Waals surface area contributed by atoms with E-state index in [2.05, 4.69) is 95.8 Å². The highest BCUT2D eigenvalue weighted by molar-refractivity contribution is 5.58. The Morgan fingerprint density at radius 2 is 1.63 bits per heavy atom. The topological polar surface area (TPSA) is 21.7 Å². The van der Waals surface area contributed by atoms with E-state index in [9.17, 15) is 0 Å².